The summed E-state index contributed by atoms with van der Waals surface area (Å²) in [6.07, 6.45) is 0. The lowest BCUT2D eigenvalue weighted by Gasteiger charge is -2.08. The lowest BCUT2D eigenvalue weighted by molar-refractivity contribution is 0.0522. The largest absolute Gasteiger partial charge is 0.461 e. The molecule has 3 rings (SSSR count). The van der Waals surface area contributed by atoms with Gasteiger partial charge in [-0.05, 0) is 35.0 Å². The van der Waals surface area contributed by atoms with E-state index in [4.69, 9.17) is 4.74 Å². The number of aryl methyl sites for hydroxylation is 1. The lowest BCUT2D eigenvalue weighted by atomic mass is 10.2. The molecule has 108 valence electrons. The van der Waals surface area contributed by atoms with E-state index in [1.54, 1.807) is 18.4 Å². The molecule has 0 spiro atoms. The number of imidazole rings is 1. The Labute approximate surface area is 128 Å². The summed E-state index contributed by atoms with van der Waals surface area (Å²) in [4.78, 5) is 28.7. The van der Waals surface area contributed by atoms with E-state index < -0.39 is 5.97 Å². The van der Waals surface area contributed by atoms with Crippen molar-refractivity contribution in [2.45, 2.75) is 6.92 Å². The molecule has 1 aromatic carbocycles. The second-order valence-electron chi connectivity index (χ2n) is 4.49. The molecule has 2 aromatic heterocycles. The molecule has 0 bridgehead atoms. The number of halogens is 1. The van der Waals surface area contributed by atoms with Crippen LogP contribution in [0.15, 0.2) is 33.8 Å². The van der Waals surface area contributed by atoms with E-state index in [2.05, 4.69) is 20.9 Å². The lowest BCUT2D eigenvalue weighted by Crippen LogP contribution is -2.22. The highest BCUT2D eigenvalue weighted by atomic mass is 79.9. The Morgan fingerprint density at radius 1 is 1.33 bits per heavy atom. The van der Waals surface area contributed by atoms with Gasteiger partial charge >= 0.3 is 5.97 Å². The van der Waals surface area contributed by atoms with Crippen LogP contribution in [0.25, 0.3) is 16.6 Å². The maximum atomic E-state index is 12.6. The first kappa shape index (κ1) is 13.8. The summed E-state index contributed by atoms with van der Waals surface area (Å²) in [6.45, 7) is 1.93. The molecule has 2 heterocycles. The van der Waals surface area contributed by atoms with Gasteiger partial charge in [0.15, 0.2) is 10.4 Å². The van der Waals surface area contributed by atoms with Crippen LogP contribution in [-0.2, 0) is 11.8 Å². The van der Waals surface area contributed by atoms with Crippen LogP contribution in [0.3, 0.4) is 0 Å². The number of carbonyl (C=O) groups is 1. The van der Waals surface area contributed by atoms with Gasteiger partial charge in [0.25, 0.3) is 5.56 Å². The molecule has 0 N–H and O–H groups in total. The molecule has 0 atom stereocenters. The van der Waals surface area contributed by atoms with E-state index in [-0.39, 0.29) is 23.4 Å². The van der Waals surface area contributed by atoms with Crippen LogP contribution in [-0.4, -0.2) is 26.5 Å². The van der Waals surface area contributed by atoms with Crippen molar-refractivity contribution in [3.63, 3.8) is 0 Å². The van der Waals surface area contributed by atoms with Gasteiger partial charge in [0, 0.05) is 7.05 Å². The minimum atomic E-state index is -0.604. The van der Waals surface area contributed by atoms with Gasteiger partial charge in [0.1, 0.15) is 5.52 Å². The number of para-hydroxylation sites is 2. The quantitative estimate of drug-likeness (QED) is 0.664. The number of hydrogen-bond acceptors (Lipinski definition) is 4. The Bertz CT molecular complexity index is 926. The van der Waals surface area contributed by atoms with E-state index >= 15 is 0 Å². The number of hydrogen-bond donors (Lipinski definition) is 0. The number of benzene rings is 1. The predicted molar refractivity (Wildman–Crippen MR) is 81.6 cm³/mol. The first-order valence-corrected chi connectivity index (χ1v) is 7.18. The Balaban J connectivity index is 2.52. The van der Waals surface area contributed by atoms with Crippen LogP contribution in [0.2, 0.25) is 0 Å². The minimum absolute atomic E-state index is 0.0232. The third-order valence-corrected chi connectivity index (χ3v) is 3.83. The molecule has 3 aromatic rings. The smallest absolute Gasteiger partial charge is 0.359 e. The molecular weight excluding hydrogens is 338 g/mol. The van der Waals surface area contributed by atoms with E-state index in [0.717, 1.165) is 11.0 Å². The SMILES string of the molecule is CCOC(=O)c1nc(Br)n2c1c(=O)n(C)c1ccccc12. The number of aromatic nitrogens is 3. The zero-order chi connectivity index (χ0) is 15.1. The molecule has 6 nitrogen and oxygen atoms in total. The molecule has 0 aliphatic heterocycles. The maximum Gasteiger partial charge on any atom is 0.359 e. The van der Waals surface area contributed by atoms with Crippen molar-refractivity contribution >= 4 is 38.4 Å². The topological polar surface area (TPSA) is 65.6 Å². The fourth-order valence-corrected chi connectivity index (χ4v) is 2.90. The van der Waals surface area contributed by atoms with Gasteiger partial charge in [0.05, 0.1) is 17.6 Å². The number of fused-ring (bicyclic) bond motifs is 3. The number of esters is 1. The normalized spacial score (nSPS) is 11.2. The molecule has 0 amide bonds. The van der Waals surface area contributed by atoms with Gasteiger partial charge in [0.2, 0.25) is 0 Å². The van der Waals surface area contributed by atoms with Gasteiger partial charge in [-0.25, -0.2) is 9.78 Å². The van der Waals surface area contributed by atoms with Crippen molar-refractivity contribution < 1.29 is 9.53 Å². The summed E-state index contributed by atoms with van der Waals surface area (Å²) >= 11 is 3.31. The predicted octanol–water partition coefficient (Wildman–Crippen LogP) is 2.13. The number of nitrogens with zero attached hydrogens (tertiary/aromatic N) is 3. The average Bonchev–Trinajstić information content (AvgIpc) is 2.83. The van der Waals surface area contributed by atoms with Crippen LogP contribution in [0, 0.1) is 0 Å². The van der Waals surface area contributed by atoms with Crippen molar-refractivity contribution in [3.8, 4) is 0 Å². The van der Waals surface area contributed by atoms with Gasteiger partial charge in [-0.15, -0.1) is 0 Å². The van der Waals surface area contributed by atoms with Crippen LogP contribution >= 0.6 is 15.9 Å². The summed E-state index contributed by atoms with van der Waals surface area (Å²) in [7, 11) is 1.67. The van der Waals surface area contributed by atoms with Gasteiger partial charge in [-0.1, -0.05) is 12.1 Å². The molecule has 0 unspecified atom stereocenters. The Morgan fingerprint density at radius 3 is 2.67 bits per heavy atom. The summed E-state index contributed by atoms with van der Waals surface area (Å²) in [5.41, 5.74) is 1.47. The molecular formula is C14H12BrN3O3. The van der Waals surface area contributed by atoms with E-state index in [9.17, 15) is 9.59 Å². The standard InChI is InChI=1S/C14H12BrN3O3/c1-3-21-13(20)10-11-12(19)17(2)8-6-4-5-7-9(8)18(11)14(15)16-10/h4-7H,3H2,1-2H3. The third kappa shape index (κ3) is 1.96. The molecule has 0 radical (unpaired) electrons. The van der Waals surface area contributed by atoms with E-state index in [1.807, 2.05) is 24.3 Å². The van der Waals surface area contributed by atoms with Crippen molar-refractivity contribution in [3.05, 3.63) is 45.0 Å². The van der Waals surface area contributed by atoms with Crippen LogP contribution < -0.4 is 5.56 Å². The zero-order valence-corrected chi connectivity index (χ0v) is 13.0. The summed E-state index contributed by atoms with van der Waals surface area (Å²) < 4.78 is 8.50. The molecule has 0 saturated carbocycles. The first-order chi connectivity index (χ1) is 10.1. The third-order valence-electron chi connectivity index (χ3n) is 3.30. The van der Waals surface area contributed by atoms with Crippen molar-refractivity contribution in [1.82, 2.24) is 14.0 Å². The van der Waals surface area contributed by atoms with Crippen LogP contribution in [0.5, 0.6) is 0 Å². The number of rotatable bonds is 2. The van der Waals surface area contributed by atoms with Crippen LogP contribution in [0.4, 0.5) is 0 Å². The summed E-state index contributed by atoms with van der Waals surface area (Å²) in [5.74, 6) is -0.604. The van der Waals surface area contributed by atoms with Crippen molar-refractivity contribution in [2.75, 3.05) is 6.61 Å². The van der Waals surface area contributed by atoms with Gasteiger partial charge < -0.3 is 9.30 Å². The van der Waals surface area contributed by atoms with Crippen molar-refractivity contribution in [1.29, 1.82) is 0 Å². The average molecular weight is 350 g/mol. The minimum Gasteiger partial charge on any atom is -0.461 e. The molecule has 0 saturated heterocycles. The second-order valence-corrected chi connectivity index (χ2v) is 5.20. The first-order valence-electron chi connectivity index (χ1n) is 6.39. The monoisotopic (exact) mass is 349 g/mol. The molecule has 0 aliphatic carbocycles. The Kier molecular flexibility index (Phi) is 3.29. The molecule has 21 heavy (non-hydrogen) atoms. The fraction of sp³-hybridized carbons (Fsp3) is 0.214. The van der Waals surface area contributed by atoms with Crippen molar-refractivity contribution in [2.24, 2.45) is 7.05 Å². The Hall–Kier alpha value is -2.15. The number of carbonyl (C=O) groups excluding carboxylic acids is 1. The Morgan fingerprint density at radius 2 is 2.00 bits per heavy atom. The zero-order valence-electron chi connectivity index (χ0n) is 11.5. The second kappa shape index (κ2) is 5.00. The van der Waals surface area contributed by atoms with Gasteiger partial charge in [-0.2, -0.15) is 0 Å². The molecule has 0 aliphatic rings. The number of ether oxygens (including phenoxy) is 1. The highest BCUT2D eigenvalue weighted by Gasteiger charge is 2.23. The maximum absolute atomic E-state index is 12.6. The molecule has 7 heteroatoms. The van der Waals surface area contributed by atoms with Crippen LogP contribution in [0.1, 0.15) is 17.4 Å². The van der Waals surface area contributed by atoms with Gasteiger partial charge in [-0.3, -0.25) is 9.20 Å². The summed E-state index contributed by atoms with van der Waals surface area (Å²) in [6, 6.07) is 7.42. The highest BCUT2D eigenvalue weighted by molar-refractivity contribution is 9.10. The fourth-order valence-electron chi connectivity index (χ4n) is 2.36. The van der Waals surface area contributed by atoms with E-state index in [1.165, 1.54) is 4.57 Å². The summed E-state index contributed by atoms with van der Waals surface area (Å²) in [5, 5.41) is 0. The van der Waals surface area contributed by atoms with E-state index in [0.29, 0.717) is 4.73 Å². The highest BCUT2D eigenvalue weighted by Crippen LogP contribution is 2.22. The molecule has 0 fully saturated rings.